The molecule has 0 aliphatic rings. The van der Waals surface area contributed by atoms with Gasteiger partial charge >= 0.3 is 5.97 Å². The van der Waals surface area contributed by atoms with Crippen LogP contribution < -0.4 is 5.32 Å². The fourth-order valence-corrected chi connectivity index (χ4v) is 2.26. The molecule has 108 valence electrons. The largest absolute Gasteiger partial charge is 0.469 e. The Morgan fingerprint density at radius 2 is 2.20 bits per heavy atom. The molecule has 1 N–H and O–H groups in total. The highest BCUT2D eigenvalue weighted by Gasteiger charge is 2.05. The molecule has 4 nitrogen and oxygen atoms in total. The third-order valence-electron chi connectivity index (χ3n) is 3.38. The predicted molar refractivity (Wildman–Crippen MR) is 80.6 cm³/mol. The molecule has 0 saturated carbocycles. The smallest absolute Gasteiger partial charge is 0.307 e. The normalized spacial score (nSPS) is 10.9. The van der Waals surface area contributed by atoms with Crippen LogP contribution >= 0.6 is 0 Å². The first-order chi connectivity index (χ1) is 9.74. The molecule has 20 heavy (non-hydrogen) atoms. The summed E-state index contributed by atoms with van der Waals surface area (Å²) in [6, 6.07) is 8.55. The number of aryl methyl sites for hydroxylation is 1. The average Bonchev–Trinajstić information content (AvgIpc) is 2.87. The molecule has 0 fully saturated rings. The van der Waals surface area contributed by atoms with E-state index >= 15 is 0 Å². The van der Waals surface area contributed by atoms with Crippen LogP contribution in [0.15, 0.2) is 30.5 Å². The van der Waals surface area contributed by atoms with Crippen molar-refractivity contribution in [1.82, 2.24) is 9.88 Å². The lowest BCUT2D eigenvalue weighted by Crippen LogP contribution is -2.13. The summed E-state index contributed by atoms with van der Waals surface area (Å²) in [5, 5.41) is 4.61. The number of nitrogens with zero attached hydrogens (tertiary/aromatic N) is 1. The molecule has 0 aliphatic carbocycles. The minimum absolute atomic E-state index is 0.174. The van der Waals surface area contributed by atoms with Crippen LogP contribution in [-0.2, 0) is 22.6 Å². The second-order valence-electron chi connectivity index (χ2n) is 4.91. The van der Waals surface area contributed by atoms with Gasteiger partial charge in [-0.15, -0.1) is 0 Å². The minimum Gasteiger partial charge on any atom is -0.469 e. The summed E-state index contributed by atoms with van der Waals surface area (Å²) >= 11 is 0. The van der Waals surface area contributed by atoms with E-state index in [-0.39, 0.29) is 5.97 Å². The first-order valence-corrected chi connectivity index (χ1v) is 7.10. The molecular weight excluding hydrogens is 252 g/mol. The molecule has 0 atom stereocenters. The number of fused-ring (bicyclic) bond motifs is 1. The van der Waals surface area contributed by atoms with Gasteiger partial charge in [-0.2, -0.15) is 0 Å². The van der Waals surface area contributed by atoms with Crippen LogP contribution in [0, 0.1) is 0 Å². The van der Waals surface area contributed by atoms with Gasteiger partial charge in [0, 0.05) is 24.8 Å². The van der Waals surface area contributed by atoms with Crippen molar-refractivity contribution in [2.45, 2.75) is 32.9 Å². The van der Waals surface area contributed by atoms with E-state index < -0.39 is 0 Å². The molecule has 1 aromatic heterocycles. The number of rotatable bonds is 7. The third-order valence-corrected chi connectivity index (χ3v) is 3.38. The van der Waals surface area contributed by atoms with Gasteiger partial charge in [0.1, 0.15) is 0 Å². The first-order valence-electron chi connectivity index (χ1n) is 7.10. The van der Waals surface area contributed by atoms with E-state index in [0.717, 1.165) is 19.5 Å². The van der Waals surface area contributed by atoms with Gasteiger partial charge in [-0.1, -0.05) is 19.1 Å². The minimum atomic E-state index is -0.174. The Bertz CT molecular complexity index is 575. The first kappa shape index (κ1) is 14.6. The van der Waals surface area contributed by atoms with Crippen molar-refractivity contribution >= 4 is 16.9 Å². The molecule has 0 saturated heterocycles. The van der Waals surface area contributed by atoms with Crippen LogP contribution in [0.5, 0.6) is 0 Å². The van der Waals surface area contributed by atoms with Gasteiger partial charge in [0.25, 0.3) is 0 Å². The van der Waals surface area contributed by atoms with Gasteiger partial charge in [0.05, 0.1) is 13.5 Å². The van der Waals surface area contributed by atoms with Crippen molar-refractivity contribution in [1.29, 1.82) is 0 Å². The summed E-state index contributed by atoms with van der Waals surface area (Å²) in [5.74, 6) is -0.174. The van der Waals surface area contributed by atoms with Gasteiger partial charge in [0.2, 0.25) is 0 Å². The highest BCUT2D eigenvalue weighted by molar-refractivity contribution is 5.81. The molecule has 0 unspecified atom stereocenters. The highest BCUT2D eigenvalue weighted by Crippen LogP contribution is 2.18. The van der Waals surface area contributed by atoms with Gasteiger partial charge in [-0.3, -0.25) is 4.79 Å². The lowest BCUT2D eigenvalue weighted by Gasteiger charge is -2.07. The Hall–Kier alpha value is -1.81. The Balaban J connectivity index is 2.10. The predicted octanol–water partition coefficient (Wildman–Crippen LogP) is 2.70. The Labute approximate surface area is 119 Å². The van der Waals surface area contributed by atoms with Crippen molar-refractivity contribution in [2.24, 2.45) is 0 Å². The molecule has 1 aromatic carbocycles. The van der Waals surface area contributed by atoms with Crippen molar-refractivity contribution in [3.8, 4) is 0 Å². The van der Waals surface area contributed by atoms with Crippen LogP contribution in [0.3, 0.4) is 0 Å². The number of methoxy groups -OCH3 is 1. The molecule has 0 aliphatic heterocycles. The maximum Gasteiger partial charge on any atom is 0.307 e. The van der Waals surface area contributed by atoms with E-state index in [2.05, 4.69) is 45.8 Å². The van der Waals surface area contributed by atoms with E-state index in [1.54, 1.807) is 0 Å². The fourth-order valence-electron chi connectivity index (χ4n) is 2.26. The van der Waals surface area contributed by atoms with E-state index in [1.165, 1.54) is 23.6 Å². The summed E-state index contributed by atoms with van der Waals surface area (Å²) in [6.07, 6.45) is 3.56. The summed E-state index contributed by atoms with van der Waals surface area (Å²) in [7, 11) is 1.42. The average molecular weight is 274 g/mol. The number of benzene rings is 1. The maximum atomic E-state index is 11.2. The van der Waals surface area contributed by atoms with Crippen LogP contribution in [0.1, 0.15) is 25.3 Å². The Morgan fingerprint density at radius 3 is 2.95 bits per heavy atom. The molecule has 0 amide bonds. The zero-order chi connectivity index (χ0) is 14.4. The van der Waals surface area contributed by atoms with Crippen LogP contribution in [0.25, 0.3) is 10.9 Å². The number of carbonyl (C=O) groups excluding carboxylic acids is 1. The van der Waals surface area contributed by atoms with Crippen molar-refractivity contribution in [3.05, 3.63) is 36.0 Å². The highest BCUT2D eigenvalue weighted by atomic mass is 16.5. The standard InChI is InChI=1S/C16H22N2O2/c1-3-8-17-12-13-4-5-14-6-9-18(15(14)11-13)10-7-16(19)20-2/h4-6,9,11,17H,3,7-8,10,12H2,1-2H3. The zero-order valence-corrected chi connectivity index (χ0v) is 12.2. The molecule has 2 aromatic rings. The van der Waals surface area contributed by atoms with Crippen molar-refractivity contribution in [2.75, 3.05) is 13.7 Å². The number of esters is 1. The molecular formula is C16H22N2O2. The van der Waals surface area contributed by atoms with Crippen molar-refractivity contribution in [3.63, 3.8) is 0 Å². The van der Waals surface area contributed by atoms with Gasteiger partial charge in [-0.25, -0.2) is 0 Å². The number of aromatic nitrogens is 1. The number of carbonyl (C=O) groups is 1. The Morgan fingerprint density at radius 1 is 1.35 bits per heavy atom. The lowest BCUT2D eigenvalue weighted by molar-refractivity contribution is -0.140. The topological polar surface area (TPSA) is 43.3 Å². The van der Waals surface area contributed by atoms with Crippen molar-refractivity contribution < 1.29 is 9.53 Å². The summed E-state index contributed by atoms with van der Waals surface area (Å²) in [4.78, 5) is 11.2. The number of nitrogens with one attached hydrogen (secondary N) is 1. The molecule has 4 heteroatoms. The number of hydrogen-bond acceptors (Lipinski definition) is 3. The number of ether oxygens (including phenoxy) is 1. The van der Waals surface area contributed by atoms with Gasteiger partial charge in [-0.05, 0) is 36.0 Å². The monoisotopic (exact) mass is 274 g/mol. The SMILES string of the molecule is CCCNCc1ccc2ccn(CCC(=O)OC)c2c1. The quantitative estimate of drug-likeness (QED) is 0.623. The van der Waals surface area contributed by atoms with E-state index in [1.807, 2.05) is 6.20 Å². The second-order valence-corrected chi connectivity index (χ2v) is 4.91. The van der Waals surface area contributed by atoms with E-state index in [0.29, 0.717) is 13.0 Å². The third kappa shape index (κ3) is 3.61. The number of hydrogen-bond donors (Lipinski definition) is 1. The van der Waals surface area contributed by atoms with Gasteiger partial charge < -0.3 is 14.6 Å². The summed E-state index contributed by atoms with van der Waals surface area (Å²) in [6.45, 7) is 4.73. The lowest BCUT2D eigenvalue weighted by atomic mass is 10.1. The zero-order valence-electron chi connectivity index (χ0n) is 12.2. The van der Waals surface area contributed by atoms with E-state index in [4.69, 9.17) is 0 Å². The van der Waals surface area contributed by atoms with Crippen LogP contribution in [0.4, 0.5) is 0 Å². The molecule has 0 radical (unpaired) electrons. The van der Waals surface area contributed by atoms with Crippen LogP contribution in [0.2, 0.25) is 0 Å². The second kappa shape index (κ2) is 7.10. The molecule has 2 rings (SSSR count). The molecule has 0 bridgehead atoms. The fraction of sp³-hybridized carbons (Fsp3) is 0.438. The maximum absolute atomic E-state index is 11.2. The Kier molecular flexibility index (Phi) is 5.18. The van der Waals surface area contributed by atoms with Gasteiger partial charge in [0.15, 0.2) is 0 Å². The van der Waals surface area contributed by atoms with E-state index in [9.17, 15) is 4.79 Å². The summed E-state index contributed by atoms with van der Waals surface area (Å²) < 4.78 is 6.79. The van der Waals surface area contributed by atoms with Crippen LogP contribution in [-0.4, -0.2) is 24.2 Å². The molecule has 1 heterocycles. The summed E-state index contributed by atoms with van der Waals surface area (Å²) in [5.41, 5.74) is 2.44. The molecule has 0 spiro atoms.